The summed E-state index contributed by atoms with van der Waals surface area (Å²) in [5.41, 5.74) is 0.950. The van der Waals surface area contributed by atoms with Gasteiger partial charge in [-0.15, -0.1) is 0 Å². The Kier molecular flexibility index (Phi) is 13.3. The predicted octanol–water partition coefficient (Wildman–Crippen LogP) is 9.40. The summed E-state index contributed by atoms with van der Waals surface area (Å²) >= 11 is 5.61. The third-order valence-electron chi connectivity index (χ3n) is 6.08. The molecule has 0 radical (unpaired) electrons. The van der Waals surface area contributed by atoms with Gasteiger partial charge in [-0.25, -0.2) is 0 Å². The Morgan fingerprint density at radius 1 is 0.853 bits per heavy atom. The molecule has 0 fully saturated rings. The van der Waals surface area contributed by atoms with Crippen LogP contribution in [0.4, 0.5) is 5.69 Å². The number of nitrogens with zero attached hydrogens (tertiary/aromatic N) is 1. The topological polar surface area (TPSA) is 69.4 Å². The minimum Gasteiger partial charge on any atom is -0.457 e. The van der Waals surface area contributed by atoms with E-state index in [4.69, 9.17) is 16.3 Å². The first-order valence-electron chi connectivity index (χ1n) is 12.8. The molecule has 0 N–H and O–H groups in total. The van der Waals surface area contributed by atoms with Crippen LogP contribution in [0, 0.1) is 10.1 Å². The summed E-state index contributed by atoms with van der Waals surface area (Å²) < 4.78 is 5.84. The van der Waals surface area contributed by atoms with Gasteiger partial charge in [-0.05, 0) is 48.2 Å². The molecule has 0 atom stereocenters. The maximum Gasteiger partial charge on any atom is 0.270 e. The monoisotopic (exact) mass is 487 g/mol. The fraction of sp³-hybridized carbons (Fsp3) is 0.536. The highest BCUT2D eigenvalue weighted by Crippen LogP contribution is 2.30. The van der Waals surface area contributed by atoms with Crippen molar-refractivity contribution in [3.63, 3.8) is 0 Å². The zero-order valence-electron chi connectivity index (χ0n) is 20.4. The minimum absolute atomic E-state index is 0.0160. The molecule has 0 spiro atoms. The van der Waals surface area contributed by atoms with E-state index in [0.29, 0.717) is 5.75 Å². The molecule has 186 valence electrons. The number of non-ortho nitro benzene ring substituents is 1. The summed E-state index contributed by atoms with van der Waals surface area (Å²) in [5, 5.41) is 10.2. The summed E-state index contributed by atoms with van der Waals surface area (Å²) in [6, 6.07) is 11.6. The molecule has 0 aliphatic heterocycles. The number of halogens is 1. The van der Waals surface area contributed by atoms with Gasteiger partial charge in [-0.3, -0.25) is 14.9 Å². The Bertz CT molecular complexity index is 900. The fourth-order valence-electron chi connectivity index (χ4n) is 4.11. The number of hydrogen-bond donors (Lipinski definition) is 0. The van der Waals surface area contributed by atoms with E-state index in [9.17, 15) is 14.9 Å². The molecule has 0 aliphatic rings. The molecule has 0 saturated carbocycles. The van der Waals surface area contributed by atoms with Gasteiger partial charge < -0.3 is 4.74 Å². The van der Waals surface area contributed by atoms with Crippen molar-refractivity contribution in [2.45, 2.75) is 96.8 Å². The van der Waals surface area contributed by atoms with E-state index in [2.05, 4.69) is 13.0 Å². The zero-order chi connectivity index (χ0) is 24.6. The van der Waals surface area contributed by atoms with Gasteiger partial charge in [0.1, 0.15) is 11.5 Å². The van der Waals surface area contributed by atoms with E-state index in [-0.39, 0.29) is 17.0 Å². The van der Waals surface area contributed by atoms with Crippen molar-refractivity contribution in [2.75, 3.05) is 0 Å². The second-order valence-corrected chi connectivity index (χ2v) is 9.30. The number of hydrogen-bond acceptors (Lipinski definition) is 4. The largest absolute Gasteiger partial charge is 0.457 e. The van der Waals surface area contributed by atoms with Gasteiger partial charge in [0.05, 0.1) is 10.5 Å². The van der Waals surface area contributed by atoms with Crippen molar-refractivity contribution < 1.29 is 14.5 Å². The third kappa shape index (κ3) is 10.7. The van der Waals surface area contributed by atoms with Crippen LogP contribution in [0.5, 0.6) is 11.5 Å². The lowest BCUT2D eigenvalue weighted by Crippen LogP contribution is -1.98. The lowest BCUT2D eigenvalue weighted by molar-refractivity contribution is -0.384. The van der Waals surface area contributed by atoms with Crippen LogP contribution in [0.1, 0.15) is 106 Å². The normalized spacial score (nSPS) is 10.9. The van der Waals surface area contributed by atoms with Crippen LogP contribution in [0.25, 0.3) is 0 Å². The standard InChI is InChI=1S/C28H38ClNO4/c1-2-3-4-5-6-7-8-9-10-11-12-13-14-16-23-17-15-18-25(21-23)34-27-20-19-24(30(32)33)22-26(27)28(29)31/h15,17-22H,2-14,16H2,1H3. The van der Waals surface area contributed by atoms with Gasteiger partial charge in [0, 0.05) is 12.1 Å². The molecule has 0 unspecified atom stereocenters. The van der Waals surface area contributed by atoms with Gasteiger partial charge >= 0.3 is 0 Å². The van der Waals surface area contributed by atoms with Crippen LogP contribution in [0.3, 0.4) is 0 Å². The molecule has 34 heavy (non-hydrogen) atoms. The highest BCUT2D eigenvalue weighted by molar-refractivity contribution is 6.68. The maximum absolute atomic E-state index is 11.7. The fourth-order valence-corrected chi connectivity index (χ4v) is 4.26. The van der Waals surface area contributed by atoms with Crippen LogP contribution in [-0.4, -0.2) is 10.2 Å². The molecule has 0 aliphatic carbocycles. The van der Waals surface area contributed by atoms with Crippen LogP contribution in [0.2, 0.25) is 0 Å². The summed E-state index contributed by atoms with van der Waals surface area (Å²) in [7, 11) is 0. The molecule has 2 rings (SSSR count). The molecule has 6 heteroatoms. The average Bonchev–Trinajstić information content (AvgIpc) is 2.82. The molecule has 5 nitrogen and oxygen atoms in total. The van der Waals surface area contributed by atoms with E-state index in [0.717, 1.165) is 18.9 Å². The average molecular weight is 488 g/mol. The van der Waals surface area contributed by atoms with Crippen LogP contribution in [-0.2, 0) is 6.42 Å². The molecule has 0 bridgehead atoms. The van der Waals surface area contributed by atoms with Crippen molar-refractivity contribution in [3.05, 3.63) is 63.7 Å². The SMILES string of the molecule is CCCCCCCCCCCCCCCc1cccc(Oc2ccc([N+](=O)[O-])cc2C(=O)Cl)c1. The number of ether oxygens (including phenoxy) is 1. The number of nitro benzene ring substituents is 1. The second-order valence-electron chi connectivity index (χ2n) is 8.95. The summed E-state index contributed by atoms with van der Waals surface area (Å²) in [6.07, 6.45) is 18.3. The summed E-state index contributed by atoms with van der Waals surface area (Å²) in [5.74, 6) is 0.795. The first-order chi connectivity index (χ1) is 16.5. The first kappa shape index (κ1) is 27.8. The number of rotatable bonds is 18. The predicted molar refractivity (Wildman–Crippen MR) is 139 cm³/mol. The van der Waals surface area contributed by atoms with Crippen molar-refractivity contribution in [3.8, 4) is 11.5 Å². The van der Waals surface area contributed by atoms with Gasteiger partial charge in [0.25, 0.3) is 10.9 Å². The molecule has 2 aromatic rings. The quantitative estimate of drug-likeness (QED) is 0.0908. The van der Waals surface area contributed by atoms with E-state index in [1.165, 1.54) is 94.7 Å². The van der Waals surface area contributed by atoms with Gasteiger partial charge in [0.2, 0.25) is 0 Å². The number of benzene rings is 2. The Hall–Kier alpha value is -2.40. The van der Waals surface area contributed by atoms with Crippen molar-refractivity contribution in [1.29, 1.82) is 0 Å². The van der Waals surface area contributed by atoms with Crippen molar-refractivity contribution in [2.24, 2.45) is 0 Å². The number of carbonyl (C=O) groups is 1. The lowest BCUT2D eigenvalue weighted by Gasteiger charge is -2.10. The molecule has 0 aromatic heterocycles. The van der Waals surface area contributed by atoms with E-state index in [1.807, 2.05) is 12.1 Å². The van der Waals surface area contributed by atoms with Crippen LogP contribution in [0.15, 0.2) is 42.5 Å². The van der Waals surface area contributed by atoms with Crippen LogP contribution < -0.4 is 4.74 Å². The number of unbranched alkanes of at least 4 members (excludes halogenated alkanes) is 12. The van der Waals surface area contributed by atoms with E-state index < -0.39 is 10.2 Å². The molecule has 0 amide bonds. The van der Waals surface area contributed by atoms with E-state index >= 15 is 0 Å². The Labute approximate surface area is 209 Å². The van der Waals surface area contributed by atoms with Crippen molar-refractivity contribution in [1.82, 2.24) is 0 Å². The van der Waals surface area contributed by atoms with Gasteiger partial charge in [-0.1, -0.05) is 96.1 Å². The smallest absolute Gasteiger partial charge is 0.270 e. The first-order valence-corrected chi connectivity index (χ1v) is 13.1. The lowest BCUT2D eigenvalue weighted by atomic mass is 10.0. The summed E-state index contributed by atoms with van der Waals surface area (Å²) in [4.78, 5) is 22.1. The number of aryl methyl sites for hydroxylation is 1. The Morgan fingerprint density at radius 3 is 2.00 bits per heavy atom. The number of carbonyl (C=O) groups excluding carboxylic acids is 1. The number of nitro groups is 1. The summed E-state index contributed by atoms with van der Waals surface area (Å²) in [6.45, 7) is 2.26. The minimum atomic E-state index is -0.790. The Balaban J connectivity index is 1.68. The molecular weight excluding hydrogens is 450 g/mol. The van der Waals surface area contributed by atoms with Gasteiger partial charge in [0.15, 0.2) is 0 Å². The highest BCUT2D eigenvalue weighted by Gasteiger charge is 2.17. The third-order valence-corrected chi connectivity index (χ3v) is 6.28. The Morgan fingerprint density at radius 2 is 1.44 bits per heavy atom. The molecule has 0 saturated heterocycles. The highest BCUT2D eigenvalue weighted by atomic mass is 35.5. The molecule has 0 heterocycles. The second kappa shape index (κ2) is 16.3. The van der Waals surface area contributed by atoms with E-state index in [1.54, 1.807) is 6.07 Å². The van der Waals surface area contributed by atoms with Crippen molar-refractivity contribution >= 4 is 22.5 Å². The van der Waals surface area contributed by atoms with Gasteiger partial charge in [-0.2, -0.15) is 0 Å². The molecular formula is C28H38ClNO4. The maximum atomic E-state index is 11.7. The molecule has 2 aromatic carbocycles. The van der Waals surface area contributed by atoms with Crippen LogP contribution >= 0.6 is 11.6 Å². The zero-order valence-corrected chi connectivity index (χ0v) is 21.2.